The van der Waals surface area contributed by atoms with Gasteiger partial charge in [-0.15, -0.1) is 0 Å². The van der Waals surface area contributed by atoms with Gasteiger partial charge in [0.25, 0.3) is 0 Å². The van der Waals surface area contributed by atoms with Crippen LogP contribution in [0.3, 0.4) is 0 Å². The highest BCUT2D eigenvalue weighted by atomic mass is 14.9. The highest BCUT2D eigenvalue weighted by molar-refractivity contribution is 4.72. The van der Waals surface area contributed by atoms with Crippen LogP contribution in [0.5, 0.6) is 0 Å². The first-order chi connectivity index (χ1) is 7.67. The molecule has 0 aliphatic rings. The van der Waals surface area contributed by atoms with E-state index in [9.17, 15) is 0 Å². The minimum absolute atomic E-state index is 0.733. The largest absolute Gasteiger partial charge is 0.317 e. The van der Waals surface area contributed by atoms with Crippen LogP contribution in [0.25, 0.3) is 0 Å². The molecule has 0 aromatic heterocycles. The minimum Gasteiger partial charge on any atom is -0.317 e. The fraction of sp³-hybridized carbons (Fsp3) is 1.00. The average molecular weight is 227 g/mol. The van der Waals surface area contributed by atoms with Crippen molar-refractivity contribution in [3.63, 3.8) is 0 Å². The minimum atomic E-state index is 0.733. The van der Waals surface area contributed by atoms with Gasteiger partial charge in [-0.2, -0.15) is 0 Å². The predicted octanol–water partition coefficient (Wildman–Crippen LogP) is 4.62. The molecule has 0 saturated heterocycles. The molecule has 0 aromatic carbocycles. The second-order valence-corrected chi connectivity index (χ2v) is 5.39. The van der Waals surface area contributed by atoms with Gasteiger partial charge in [0.05, 0.1) is 0 Å². The van der Waals surface area contributed by atoms with Crippen LogP contribution in [0.1, 0.15) is 72.6 Å². The fourth-order valence-electron chi connectivity index (χ4n) is 2.37. The Bertz CT molecular complexity index is 144. The summed E-state index contributed by atoms with van der Waals surface area (Å²) in [6.45, 7) is 9.31. The van der Waals surface area contributed by atoms with Crippen LogP contribution in [-0.2, 0) is 0 Å². The van der Waals surface area contributed by atoms with Gasteiger partial charge in [0.15, 0.2) is 0 Å². The van der Waals surface area contributed by atoms with Crippen LogP contribution < -0.4 is 5.32 Å². The van der Waals surface area contributed by atoms with E-state index in [0.717, 1.165) is 17.9 Å². The summed E-state index contributed by atoms with van der Waals surface area (Å²) in [6.07, 6.45) is 9.53. The summed E-state index contributed by atoms with van der Waals surface area (Å²) in [7, 11) is 2.12. The van der Waals surface area contributed by atoms with Gasteiger partial charge in [-0.05, 0) is 31.7 Å². The van der Waals surface area contributed by atoms with Gasteiger partial charge in [0.1, 0.15) is 0 Å². The molecule has 0 aliphatic heterocycles. The normalized spacial score (nSPS) is 17.1. The smallest absolute Gasteiger partial charge is 0.00692 e. The van der Waals surface area contributed by atoms with E-state index >= 15 is 0 Å². The second kappa shape index (κ2) is 10.1. The lowest BCUT2D eigenvalue weighted by atomic mass is 9.88. The van der Waals surface area contributed by atoms with Crippen molar-refractivity contribution in [1.82, 2.24) is 5.32 Å². The van der Waals surface area contributed by atoms with Crippen LogP contribution in [0, 0.1) is 11.8 Å². The topological polar surface area (TPSA) is 12.0 Å². The van der Waals surface area contributed by atoms with E-state index in [-0.39, 0.29) is 0 Å². The van der Waals surface area contributed by atoms with Crippen molar-refractivity contribution in [2.45, 2.75) is 78.7 Å². The SMILES string of the molecule is CCCCC(CC)CC(CC(C)CC)NC. The van der Waals surface area contributed by atoms with Crippen molar-refractivity contribution in [1.29, 1.82) is 0 Å². The molecule has 3 unspecified atom stereocenters. The van der Waals surface area contributed by atoms with Crippen molar-refractivity contribution in [2.75, 3.05) is 7.05 Å². The van der Waals surface area contributed by atoms with E-state index in [0.29, 0.717) is 0 Å². The number of hydrogen-bond acceptors (Lipinski definition) is 1. The van der Waals surface area contributed by atoms with Gasteiger partial charge < -0.3 is 5.32 Å². The summed E-state index contributed by atoms with van der Waals surface area (Å²) in [4.78, 5) is 0. The van der Waals surface area contributed by atoms with Crippen molar-refractivity contribution >= 4 is 0 Å². The molecule has 0 saturated carbocycles. The van der Waals surface area contributed by atoms with Gasteiger partial charge in [0, 0.05) is 6.04 Å². The zero-order valence-electron chi connectivity index (χ0n) is 12.2. The van der Waals surface area contributed by atoms with Crippen molar-refractivity contribution in [3.05, 3.63) is 0 Å². The van der Waals surface area contributed by atoms with Crippen molar-refractivity contribution in [3.8, 4) is 0 Å². The average Bonchev–Trinajstić information content (AvgIpc) is 2.32. The molecule has 0 spiro atoms. The molecule has 1 heteroatoms. The molecule has 1 nitrogen and oxygen atoms in total. The molecular weight excluding hydrogens is 194 g/mol. The van der Waals surface area contributed by atoms with E-state index in [4.69, 9.17) is 0 Å². The van der Waals surface area contributed by atoms with Crippen LogP contribution >= 0.6 is 0 Å². The summed E-state index contributed by atoms with van der Waals surface area (Å²) in [6, 6.07) is 0.733. The molecule has 16 heavy (non-hydrogen) atoms. The Hall–Kier alpha value is -0.0400. The number of unbranched alkanes of at least 4 members (excludes halogenated alkanes) is 1. The molecule has 0 rings (SSSR count). The third-order valence-electron chi connectivity index (χ3n) is 3.95. The molecule has 98 valence electrons. The quantitative estimate of drug-likeness (QED) is 0.574. The maximum atomic E-state index is 3.51. The van der Waals surface area contributed by atoms with Crippen LogP contribution in [0.15, 0.2) is 0 Å². The van der Waals surface area contributed by atoms with Crippen LogP contribution in [0.2, 0.25) is 0 Å². The molecule has 1 N–H and O–H groups in total. The van der Waals surface area contributed by atoms with E-state index in [1.165, 1.54) is 44.9 Å². The van der Waals surface area contributed by atoms with E-state index in [1.807, 2.05) is 0 Å². The van der Waals surface area contributed by atoms with Crippen LogP contribution in [-0.4, -0.2) is 13.1 Å². The Morgan fingerprint density at radius 1 is 1.00 bits per heavy atom. The summed E-state index contributed by atoms with van der Waals surface area (Å²) in [5, 5.41) is 3.51. The maximum absolute atomic E-state index is 3.51. The first-order valence-electron chi connectivity index (χ1n) is 7.35. The molecular formula is C15H33N. The first-order valence-corrected chi connectivity index (χ1v) is 7.35. The van der Waals surface area contributed by atoms with Gasteiger partial charge in [0.2, 0.25) is 0 Å². The molecule has 0 aliphatic carbocycles. The van der Waals surface area contributed by atoms with Crippen molar-refractivity contribution in [2.24, 2.45) is 11.8 Å². The third-order valence-corrected chi connectivity index (χ3v) is 3.95. The summed E-state index contributed by atoms with van der Waals surface area (Å²) in [5.41, 5.74) is 0. The van der Waals surface area contributed by atoms with Gasteiger partial charge in [-0.25, -0.2) is 0 Å². The predicted molar refractivity (Wildman–Crippen MR) is 74.8 cm³/mol. The maximum Gasteiger partial charge on any atom is 0.00692 e. The zero-order chi connectivity index (χ0) is 12.4. The lowest BCUT2D eigenvalue weighted by molar-refractivity contribution is 0.318. The van der Waals surface area contributed by atoms with E-state index in [1.54, 1.807) is 0 Å². The Morgan fingerprint density at radius 3 is 2.12 bits per heavy atom. The Labute approximate surface area is 103 Å². The third kappa shape index (κ3) is 7.27. The Kier molecular flexibility index (Phi) is 10.1. The molecule has 3 atom stereocenters. The number of nitrogens with one attached hydrogen (secondary N) is 1. The van der Waals surface area contributed by atoms with Crippen molar-refractivity contribution < 1.29 is 0 Å². The fourth-order valence-corrected chi connectivity index (χ4v) is 2.37. The molecule has 0 aromatic rings. The lowest BCUT2D eigenvalue weighted by Crippen LogP contribution is -2.29. The Morgan fingerprint density at radius 2 is 1.69 bits per heavy atom. The summed E-state index contributed by atoms with van der Waals surface area (Å²) < 4.78 is 0. The highest BCUT2D eigenvalue weighted by Gasteiger charge is 2.15. The van der Waals surface area contributed by atoms with Gasteiger partial charge in [-0.1, -0.05) is 59.8 Å². The molecule has 0 fully saturated rings. The lowest BCUT2D eigenvalue weighted by Gasteiger charge is -2.24. The van der Waals surface area contributed by atoms with Crippen LogP contribution in [0.4, 0.5) is 0 Å². The first kappa shape index (κ1) is 16.0. The van der Waals surface area contributed by atoms with Gasteiger partial charge >= 0.3 is 0 Å². The summed E-state index contributed by atoms with van der Waals surface area (Å²) in [5.74, 6) is 1.79. The monoisotopic (exact) mass is 227 g/mol. The summed E-state index contributed by atoms with van der Waals surface area (Å²) >= 11 is 0. The molecule has 0 bridgehead atoms. The molecule has 0 heterocycles. The molecule has 0 radical (unpaired) electrons. The number of hydrogen-bond donors (Lipinski definition) is 1. The zero-order valence-corrected chi connectivity index (χ0v) is 12.2. The van der Waals surface area contributed by atoms with E-state index < -0.39 is 0 Å². The standard InChI is InChI=1S/C15H33N/c1-6-9-10-14(8-3)12-15(16-5)11-13(4)7-2/h13-16H,6-12H2,1-5H3. The number of rotatable bonds is 10. The highest BCUT2D eigenvalue weighted by Crippen LogP contribution is 2.22. The second-order valence-electron chi connectivity index (χ2n) is 5.39. The Balaban J connectivity index is 3.95. The van der Waals surface area contributed by atoms with E-state index in [2.05, 4.69) is 40.1 Å². The molecule has 0 amide bonds. The van der Waals surface area contributed by atoms with Gasteiger partial charge in [-0.3, -0.25) is 0 Å².